The minimum atomic E-state index is -0.0694. The second kappa shape index (κ2) is 6.72. The van der Waals surface area contributed by atoms with Crippen molar-refractivity contribution >= 4 is 6.71 Å². The van der Waals surface area contributed by atoms with Crippen LogP contribution in [-0.2, 0) is 0 Å². The van der Waals surface area contributed by atoms with Crippen molar-refractivity contribution in [3.05, 3.63) is 0 Å². The summed E-state index contributed by atoms with van der Waals surface area (Å²) in [5.41, 5.74) is 0. The molecule has 0 spiro atoms. The molecule has 0 aromatic rings. The summed E-state index contributed by atoms with van der Waals surface area (Å²) in [7, 11) is 0. The largest absolute Gasteiger partial charge is 0.169 e. The SMILES string of the molecule is CC(C)[C@H](C)[BH-]([C@@H](C)C(C)C)[C@@H](C)C(C)C. The number of hydrogen-bond acceptors (Lipinski definition) is 0. The zero-order chi connectivity index (χ0) is 13.0. The van der Waals surface area contributed by atoms with Crippen LogP contribution in [0.2, 0.25) is 17.5 Å². The van der Waals surface area contributed by atoms with E-state index in [1.165, 1.54) is 0 Å². The van der Waals surface area contributed by atoms with E-state index in [4.69, 9.17) is 0 Å². The maximum Gasteiger partial charge on any atom is -0.00669 e. The molecule has 0 heterocycles. The van der Waals surface area contributed by atoms with E-state index in [1.807, 2.05) is 0 Å². The van der Waals surface area contributed by atoms with Crippen LogP contribution >= 0.6 is 0 Å². The normalized spacial score (nSPS) is 18.6. The molecule has 0 fully saturated rings. The van der Waals surface area contributed by atoms with Gasteiger partial charge >= 0.3 is 0 Å². The van der Waals surface area contributed by atoms with Gasteiger partial charge in [0.15, 0.2) is 0 Å². The smallest absolute Gasteiger partial charge is 0.00669 e. The maximum atomic E-state index is 2.49. The summed E-state index contributed by atoms with van der Waals surface area (Å²) in [4.78, 5) is 0. The van der Waals surface area contributed by atoms with Crippen molar-refractivity contribution in [2.75, 3.05) is 0 Å². The van der Waals surface area contributed by atoms with Crippen LogP contribution in [0.3, 0.4) is 0 Å². The minimum absolute atomic E-state index is 0.0694. The molecule has 16 heavy (non-hydrogen) atoms. The summed E-state index contributed by atoms with van der Waals surface area (Å²) in [6, 6.07) is 0. The first-order valence-electron chi connectivity index (χ1n) is 7.42. The van der Waals surface area contributed by atoms with Crippen LogP contribution < -0.4 is 0 Å². The first-order chi connectivity index (χ1) is 7.20. The minimum Gasteiger partial charge on any atom is -0.169 e. The molecule has 0 N–H and O–H groups in total. The van der Waals surface area contributed by atoms with Gasteiger partial charge in [-0.2, -0.15) is 17.5 Å². The molecule has 0 saturated carbocycles. The Morgan fingerprint density at radius 1 is 0.438 bits per heavy atom. The van der Waals surface area contributed by atoms with Crippen LogP contribution in [-0.4, -0.2) is 6.71 Å². The van der Waals surface area contributed by atoms with E-state index in [2.05, 4.69) is 62.3 Å². The van der Waals surface area contributed by atoms with Crippen molar-refractivity contribution in [2.45, 2.75) is 79.8 Å². The van der Waals surface area contributed by atoms with Gasteiger partial charge in [-0.3, -0.25) is 0 Å². The van der Waals surface area contributed by atoms with E-state index in [-0.39, 0.29) is 6.71 Å². The van der Waals surface area contributed by atoms with Crippen LogP contribution in [0.15, 0.2) is 0 Å². The van der Waals surface area contributed by atoms with Crippen LogP contribution in [0.4, 0.5) is 0 Å². The third kappa shape index (κ3) is 4.15. The van der Waals surface area contributed by atoms with Gasteiger partial charge in [-0.25, -0.2) is 0 Å². The molecule has 0 amide bonds. The second-order valence-corrected chi connectivity index (χ2v) is 7.37. The Morgan fingerprint density at radius 2 is 0.625 bits per heavy atom. The maximum absolute atomic E-state index is 2.49. The average molecular weight is 225 g/mol. The van der Waals surface area contributed by atoms with Crippen molar-refractivity contribution in [3.63, 3.8) is 0 Å². The molecule has 0 rings (SSSR count). The lowest BCUT2D eigenvalue weighted by Gasteiger charge is -2.46. The molecular weight excluding hydrogens is 191 g/mol. The fourth-order valence-electron chi connectivity index (χ4n) is 3.39. The van der Waals surface area contributed by atoms with E-state index in [0.717, 1.165) is 35.2 Å². The molecular formula is C15H34B-. The van der Waals surface area contributed by atoms with Gasteiger partial charge < -0.3 is 0 Å². The highest BCUT2D eigenvalue weighted by Gasteiger charge is 2.27. The summed E-state index contributed by atoms with van der Waals surface area (Å²) in [6.07, 6.45) is 0. The zero-order valence-corrected chi connectivity index (χ0v) is 13.2. The van der Waals surface area contributed by atoms with E-state index in [1.54, 1.807) is 0 Å². The molecule has 0 radical (unpaired) electrons. The quantitative estimate of drug-likeness (QED) is 0.534. The van der Waals surface area contributed by atoms with E-state index in [9.17, 15) is 0 Å². The summed E-state index contributed by atoms with van der Waals surface area (Å²) >= 11 is 0. The predicted octanol–water partition coefficient (Wildman–Crippen LogP) is 5.35. The molecule has 3 atom stereocenters. The van der Waals surface area contributed by atoms with Gasteiger partial charge in [-0.05, 0) is 6.71 Å². The molecule has 0 aromatic heterocycles. The Labute approximate surface area is 105 Å². The molecule has 1 heteroatoms. The summed E-state index contributed by atoms with van der Waals surface area (Å²) < 4.78 is 0. The third-order valence-electron chi connectivity index (χ3n) is 5.64. The fraction of sp³-hybridized carbons (Fsp3) is 1.00. The molecule has 0 unspecified atom stereocenters. The van der Waals surface area contributed by atoms with E-state index < -0.39 is 0 Å². The molecule has 0 aliphatic rings. The van der Waals surface area contributed by atoms with Crippen molar-refractivity contribution in [1.82, 2.24) is 0 Å². The first-order valence-corrected chi connectivity index (χ1v) is 7.42. The highest BCUT2D eigenvalue weighted by Crippen LogP contribution is 2.41. The van der Waals surface area contributed by atoms with Crippen molar-refractivity contribution in [1.29, 1.82) is 0 Å². The highest BCUT2D eigenvalue weighted by molar-refractivity contribution is 6.63. The summed E-state index contributed by atoms with van der Waals surface area (Å²) in [5.74, 6) is 5.24. The van der Waals surface area contributed by atoms with Gasteiger partial charge in [0.25, 0.3) is 0 Å². The van der Waals surface area contributed by atoms with Gasteiger partial charge in [-0.15, -0.1) is 0 Å². The molecule has 0 aromatic carbocycles. The molecule has 0 bridgehead atoms. The average Bonchev–Trinajstić information content (AvgIpc) is 2.16. The Morgan fingerprint density at radius 3 is 0.750 bits per heavy atom. The second-order valence-electron chi connectivity index (χ2n) is 7.37. The van der Waals surface area contributed by atoms with Gasteiger partial charge in [0, 0.05) is 0 Å². The van der Waals surface area contributed by atoms with Gasteiger partial charge in [0.2, 0.25) is 0 Å². The molecule has 0 saturated heterocycles. The topological polar surface area (TPSA) is 0 Å². The Bertz CT molecular complexity index is 151. The Kier molecular flexibility index (Phi) is 6.74. The fourth-order valence-corrected chi connectivity index (χ4v) is 3.39. The lowest BCUT2D eigenvalue weighted by atomic mass is 9.25. The Hall–Kier alpha value is 0.0649. The van der Waals surface area contributed by atoms with E-state index in [0.29, 0.717) is 0 Å². The Balaban J connectivity index is 4.89. The van der Waals surface area contributed by atoms with Crippen molar-refractivity contribution in [2.24, 2.45) is 17.8 Å². The molecule has 0 aliphatic carbocycles. The van der Waals surface area contributed by atoms with Gasteiger partial charge in [-0.1, -0.05) is 80.1 Å². The third-order valence-corrected chi connectivity index (χ3v) is 5.64. The summed E-state index contributed by atoms with van der Waals surface area (Å²) in [6.45, 7) is 21.8. The van der Waals surface area contributed by atoms with Gasteiger partial charge in [0.05, 0.1) is 0 Å². The molecule has 98 valence electrons. The number of hydrogen-bond donors (Lipinski definition) is 0. The lowest BCUT2D eigenvalue weighted by Crippen LogP contribution is -2.35. The standard InChI is InChI=1S/C15H34B/c1-10(2)13(7)16(14(8)11(3)4)15(9)12(5)6/h10-16H,1-9H3/q-1/t13-,14-,15-/m0/s1. The van der Waals surface area contributed by atoms with Crippen LogP contribution in [0.1, 0.15) is 62.3 Å². The number of rotatable bonds is 6. The zero-order valence-electron chi connectivity index (χ0n) is 13.2. The first kappa shape index (κ1) is 16.1. The lowest BCUT2D eigenvalue weighted by molar-refractivity contribution is 0.518. The van der Waals surface area contributed by atoms with E-state index >= 15 is 0 Å². The van der Waals surface area contributed by atoms with Gasteiger partial charge in [0.1, 0.15) is 0 Å². The van der Waals surface area contributed by atoms with Crippen LogP contribution in [0, 0.1) is 17.8 Å². The van der Waals surface area contributed by atoms with Crippen molar-refractivity contribution in [3.8, 4) is 0 Å². The summed E-state index contributed by atoms with van der Waals surface area (Å²) in [5, 5.41) is 0. The molecule has 0 aliphatic heterocycles. The monoisotopic (exact) mass is 225 g/mol. The van der Waals surface area contributed by atoms with Crippen molar-refractivity contribution < 1.29 is 0 Å². The highest BCUT2D eigenvalue weighted by atomic mass is 14.2. The molecule has 0 nitrogen and oxygen atoms in total. The predicted molar refractivity (Wildman–Crippen MR) is 79.9 cm³/mol. The van der Waals surface area contributed by atoms with Crippen LogP contribution in [0.5, 0.6) is 0 Å². The van der Waals surface area contributed by atoms with Crippen LogP contribution in [0.25, 0.3) is 0 Å².